The van der Waals surface area contributed by atoms with Crippen LogP contribution in [0.15, 0.2) is 40.6 Å². The summed E-state index contributed by atoms with van der Waals surface area (Å²) < 4.78 is 14.8. The molecule has 3 aromatic rings. The summed E-state index contributed by atoms with van der Waals surface area (Å²) in [5.41, 5.74) is 3.03. The average molecular weight is 456 g/mol. The van der Waals surface area contributed by atoms with E-state index in [-0.39, 0.29) is 36.2 Å². The number of thiazole rings is 1. The molecule has 1 aliphatic heterocycles. The van der Waals surface area contributed by atoms with Gasteiger partial charge in [0.1, 0.15) is 5.82 Å². The molecule has 2 fully saturated rings. The Morgan fingerprint density at radius 2 is 1.97 bits per heavy atom. The maximum Gasteiger partial charge on any atom is 0.261 e. The molecule has 0 spiro atoms. The first-order valence-electron chi connectivity index (χ1n) is 9.53. The third-order valence-corrected chi connectivity index (χ3v) is 7.14. The predicted octanol–water partition coefficient (Wildman–Crippen LogP) is 4.33. The second kappa shape index (κ2) is 8.72. The van der Waals surface area contributed by atoms with E-state index in [0.29, 0.717) is 11.8 Å². The molecule has 1 aliphatic carbocycles. The van der Waals surface area contributed by atoms with Gasteiger partial charge in [0.05, 0.1) is 0 Å². The summed E-state index contributed by atoms with van der Waals surface area (Å²) in [6.45, 7) is 5.02. The maximum absolute atomic E-state index is 13.2. The Bertz CT molecular complexity index is 1050. The molecule has 3 heterocycles. The van der Waals surface area contributed by atoms with Gasteiger partial charge in [-0.3, -0.25) is 9.20 Å². The Balaban J connectivity index is 0.00000120. The minimum atomic E-state index is -0.166. The van der Waals surface area contributed by atoms with E-state index in [4.69, 9.17) is 0 Å². The third kappa shape index (κ3) is 3.96. The standard InChI is InChI=1S/C21H22FN3OS.2ClH/c1-13-17(20(26)25-8-9-27-21(25)23-13)6-7-24-11-15-10-18(19(15)12-24)14-2-4-16(22)5-3-14;;/h2-5,8-9,15,18-19H,6-7,10-12H2,1H3;2*1H. The summed E-state index contributed by atoms with van der Waals surface area (Å²) >= 11 is 1.49. The van der Waals surface area contributed by atoms with Gasteiger partial charge in [0.2, 0.25) is 0 Å². The molecule has 1 saturated carbocycles. The second-order valence-corrected chi connectivity index (χ2v) is 8.74. The minimum absolute atomic E-state index is 0. The Hall–Kier alpha value is -1.47. The van der Waals surface area contributed by atoms with Gasteiger partial charge in [0.15, 0.2) is 4.96 Å². The number of likely N-dealkylation sites (tertiary alicyclic amines) is 1. The van der Waals surface area contributed by atoms with Crippen molar-refractivity contribution in [1.82, 2.24) is 14.3 Å². The van der Waals surface area contributed by atoms with Crippen molar-refractivity contribution in [3.05, 3.63) is 68.8 Å². The van der Waals surface area contributed by atoms with E-state index in [0.717, 1.165) is 48.2 Å². The van der Waals surface area contributed by atoms with Crippen LogP contribution < -0.4 is 5.56 Å². The van der Waals surface area contributed by atoms with Crippen LogP contribution in [0.4, 0.5) is 4.39 Å². The Kier molecular flexibility index (Phi) is 6.68. The molecular formula is C21H24Cl2FN3OS. The van der Waals surface area contributed by atoms with E-state index in [1.54, 1.807) is 16.5 Å². The van der Waals surface area contributed by atoms with Crippen LogP contribution in [0.25, 0.3) is 4.96 Å². The topological polar surface area (TPSA) is 37.6 Å². The zero-order valence-corrected chi connectivity index (χ0v) is 18.5. The number of hydrogen-bond donors (Lipinski definition) is 0. The van der Waals surface area contributed by atoms with E-state index in [1.165, 1.54) is 23.3 Å². The van der Waals surface area contributed by atoms with Crippen molar-refractivity contribution in [2.45, 2.75) is 25.7 Å². The number of fused-ring (bicyclic) bond motifs is 2. The highest BCUT2D eigenvalue weighted by molar-refractivity contribution is 7.15. The van der Waals surface area contributed by atoms with Gasteiger partial charge in [-0.1, -0.05) is 12.1 Å². The highest BCUT2D eigenvalue weighted by Crippen LogP contribution is 2.51. The molecule has 3 atom stereocenters. The van der Waals surface area contributed by atoms with Gasteiger partial charge in [0.25, 0.3) is 5.56 Å². The smallest absolute Gasteiger partial charge is 0.261 e. The summed E-state index contributed by atoms with van der Waals surface area (Å²) in [6, 6.07) is 7.01. The molecule has 0 bridgehead atoms. The van der Waals surface area contributed by atoms with Crippen molar-refractivity contribution in [3.63, 3.8) is 0 Å². The molecule has 0 amide bonds. The zero-order chi connectivity index (χ0) is 18.5. The normalized spacial score (nSPS) is 23.2. The van der Waals surface area contributed by atoms with Gasteiger partial charge in [0, 0.05) is 42.5 Å². The van der Waals surface area contributed by atoms with Gasteiger partial charge in [-0.25, -0.2) is 9.37 Å². The second-order valence-electron chi connectivity index (χ2n) is 7.86. The highest BCUT2D eigenvalue weighted by Gasteiger charge is 2.47. The average Bonchev–Trinajstić information content (AvgIpc) is 3.22. The van der Waals surface area contributed by atoms with Crippen LogP contribution in [-0.4, -0.2) is 33.9 Å². The summed E-state index contributed by atoms with van der Waals surface area (Å²) in [4.78, 5) is 20.5. The summed E-state index contributed by atoms with van der Waals surface area (Å²) in [7, 11) is 0. The number of rotatable bonds is 4. The highest BCUT2D eigenvalue weighted by atomic mass is 35.5. The first kappa shape index (κ1) is 22.2. The monoisotopic (exact) mass is 455 g/mol. The largest absolute Gasteiger partial charge is 0.302 e. The molecule has 3 unspecified atom stereocenters. The SMILES string of the molecule is Cc1nc2sccn2c(=O)c1CCN1CC2CC(c3ccc(F)cc3)C2C1.Cl.Cl. The molecule has 156 valence electrons. The van der Waals surface area contributed by atoms with Crippen LogP contribution in [0.5, 0.6) is 0 Å². The lowest BCUT2D eigenvalue weighted by molar-refractivity contribution is 0.191. The first-order valence-corrected chi connectivity index (χ1v) is 10.4. The van der Waals surface area contributed by atoms with Crippen molar-refractivity contribution < 1.29 is 4.39 Å². The molecule has 1 saturated heterocycles. The van der Waals surface area contributed by atoms with Crippen molar-refractivity contribution in [1.29, 1.82) is 0 Å². The van der Waals surface area contributed by atoms with E-state index in [2.05, 4.69) is 9.88 Å². The molecule has 1 aromatic carbocycles. The Morgan fingerprint density at radius 1 is 1.21 bits per heavy atom. The third-order valence-electron chi connectivity index (χ3n) is 6.38. The number of nitrogens with zero attached hydrogens (tertiary/aromatic N) is 3. The van der Waals surface area contributed by atoms with Crippen LogP contribution in [-0.2, 0) is 6.42 Å². The van der Waals surface area contributed by atoms with Gasteiger partial charge in [-0.2, -0.15) is 0 Å². The number of hydrogen-bond acceptors (Lipinski definition) is 4. The number of halogens is 3. The Labute approximate surface area is 185 Å². The Morgan fingerprint density at radius 3 is 2.72 bits per heavy atom. The van der Waals surface area contributed by atoms with E-state index in [1.807, 2.05) is 30.6 Å². The zero-order valence-electron chi connectivity index (χ0n) is 16.1. The molecular weight excluding hydrogens is 432 g/mol. The van der Waals surface area contributed by atoms with Gasteiger partial charge < -0.3 is 4.90 Å². The van der Waals surface area contributed by atoms with E-state index >= 15 is 0 Å². The quantitative estimate of drug-likeness (QED) is 0.587. The van der Waals surface area contributed by atoms with Crippen molar-refractivity contribution >= 4 is 41.1 Å². The lowest BCUT2D eigenvalue weighted by Gasteiger charge is -2.40. The molecule has 0 N–H and O–H groups in total. The van der Waals surface area contributed by atoms with Crippen LogP contribution in [0.1, 0.15) is 29.2 Å². The van der Waals surface area contributed by atoms with E-state index < -0.39 is 0 Å². The fraction of sp³-hybridized carbons (Fsp3) is 0.429. The van der Waals surface area contributed by atoms with Crippen LogP contribution in [0.3, 0.4) is 0 Å². The predicted molar refractivity (Wildman–Crippen MR) is 119 cm³/mol. The number of aromatic nitrogens is 2. The summed E-state index contributed by atoms with van der Waals surface area (Å²) in [6.07, 6.45) is 3.75. The van der Waals surface area contributed by atoms with Crippen molar-refractivity contribution in [3.8, 4) is 0 Å². The number of aryl methyl sites for hydroxylation is 1. The molecule has 2 aliphatic rings. The molecule has 29 heavy (non-hydrogen) atoms. The van der Waals surface area contributed by atoms with Crippen molar-refractivity contribution in [2.75, 3.05) is 19.6 Å². The molecule has 4 nitrogen and oxygen atoms in total. The van der Waals surface area contributed by atoms with Crippen molar-refractivity contribution in [2.24, 2.45) is 11.8 Å². The van der Waals surface area contributed by atoms with Gasteiger partial charge in [-0.15, -0.1) is 36.2 Å². The maximum atomic E-state index is 13.2. The van der Waals surface area contributed by atoms with Gasteiger partial charge >= 0.3 is 0 Å². The first-order chi connectivity index (χ1) is 13.1. The molecule has 0 radical (unpaired) electrons. The fourth-order valence-electron chi connectivity index (χ4n) is 4.85. The van der Waals surface area contributed by atoms with Crippen LogP contribution in [0, 0.1) is 24.6 Å². The van der Waals surface area contributed by atoms with Gasteiger partial charge in [-0.05, 0) is 55.2 Å². The lowest BCUT2D eigenvalue weighted by Crippen LogP contribution is -2.33. The summed E-state index contributed by atoms with van der Waals surface area (Å²) in [5.74, 6) is 1.78. The molecule has 2 aromatic heterocycles. The fourth-order valence-corrected chi connectivity index (χ4v) is 5.60. The summed E-state index contributed by atoms with van der Waals surface area (Å²) in [5, 5.41) is 1.90. The van der Waals surface area contributed by atoms with Crippen LogP contribution in [0.2, 0.25) is 0 Å². The molecule has 8 heteroatoms. The minimum Gasteiger partial charge on any atom is -0.302 e. The van der Waals surface area contributed by atoms with Crippen LogP contribution >= 0.6 is 36.2 Å². The molecule has 5 rings (SSSR count). The lowest BCUT2D eigenvalue weighted by atomic mass is 9.64. The van der Waals surface area contributed by atoms with E-state index in [9.17, 15) is 9.18 Å². The number of benzene rings is 1.